The van der Waals surface area contributed by atoms with Crippen LogP contribution in [0.15, 0.2) is 48.5 Å². The van der Waals surface area contributed by atoms with E-state index in [1.807, 2.05) is 67.1 Å². The van der Waals surface area contributed by atoms with E-state index < -0.39 is 0 Å². The van der Waals surface area contributed by atoms with E-state index >= 15 is 0 Å². The van der Waals surface area contributed by atoms with E-state index in [0.717, 1.165) is 29.7 Å². The zero-order valence-electron chi connectivity index (χ0n) is 16.6. The molecule has 0 atom stereocenters. The summed E-state index contributed by atoms with van der Waals surface area (Å²) in [7, 11) is 0. The Morgan fingerprint density at radius 2 is 1.87 bits per heavy atom. The molecule has 2 aromatic carbocycles. The van der Waals surface area contributed by atoms with Gasteiger partial charge in [-0.2, -0.15) is 0 Å². The topological polar surface area (TPSA) is 103 Å². The van der Waals surface area contributed by atoms with Gasteiger partial charge in [-0.05, 0) is 66.9 Å². The summed E-state index contributed by atoms with van der Waals surface area (Å²) in [5.41, 5.74) is 4.43. The Morgan fingerprint density at radius 3 is 2.67 bits per heavy atom. The van der Waals surface area contributed by atoms with Gasteiger partial charge in [-0.15, -0.1) is 10.2 Å². The molecule has 4 aromatic rings. The molecule has 0 spiro atoms. The minimum absolute atomic E-state index is 0.282. The molecule has 1 amide bonds. The number of amides is 1. The molecule has 2 aromatic heterocycles. The highest BCUT2D eigenvalue weighted by Gasteiger charge is 2.28. The second-order valence-corrected chi connectivity index (χ2v) is 7.49. The quantitative estimate of drug-likeness (QED) is 0.552. The fraction of sp³-hybridized carbons (Fsp3) is 0.238. The molecule has 1 aliphatic rings. The minimum Gasteiger partial charge on any atom is -0.321 e. The average molecular weight is 400 g/mol. The maximum Gasteiger partial charge on any atom is 0.278 e. The highest BCUT2D eigenvalue weighted by molar-refractivity contribution is 6.03. The summed E-state index contributed by atoms with van der Waals surface area (Å²) >= 11 is 0. The van der Waals surface area contributed by atoms with Crippen LogP contribution in [0.3, 0.4) is 0 Å². The number of aromatic nitrogens is 7. The van der Waals surface area contributed by atoms with Gasteiger partial charge in [0.1, 0.15) is 0 Å². The number of rotatable bonds is 5. The van der Waals surface area contributed by atoms with Gasteiger partial charge in [-0.25, -0.2) is 9.36 Å². The number of benzene rings is 2. The third kappa shape index (κ3) is 3.34. The Balaban J connectivity index is 1.39. The van der Waals surface area contributed by atoms with Crippen LogP contribution in [0.2, 0.25) is 0 Å². The summed E-state index contributed by atoms with van der Waals surface area (Å²) in [6.07, 6.45) is 2.18. The van der Waals surface area contributed by atoms with E-state index in [4.69, 9.17) is 0 Å². The van der Waals surface area contributed by atoms with E-state index in [2.05, 4.69) is 31.2 Å². The van der Waals surface area contributed by atoms with Crippen molar-refractivity contribution < 1.29 is 4.79 Å². The summed E-state index contributed by atoms with van der Waals surface area (Å²) in [4.78, 5) is 12.9. The number of hydrogen-bond acceptors (Lipinski definition) is 6. The molecular formula is C21H20N8O. The van der Waals surface area contributed by atoms with Gasteiger partial charge >= 0.3 is 0 Å². The number of nitrogens with one attached hydrogen (secondary N) is 1. The van der Waals surface area contributed by atoms with Gasteiger partial charge in [0.25, 0.3) is 5.91 Å². The fourth-order valence-corrected chi connectivity index (χ4v) is 3.42. The SMILES string of the molecule is Cc1cccc(-n2nnc(C(=O)Nc3cccc(-c4nnnn4C4CC4)c3)c2C)c1. The normalized spacial score (nSPS) is 13.4. The lowest BCUT2D eigenvalue weighted by atomic mass is 10.2. The summed E-state index contributed by atoms with van der Waals surface area (Å²) in [5.74, 6) is 0.389. The van der Waals surface area contributed by atoms with Crippen molar-refractivity contribution >= 4 is 11.6 Å². The van der Waals surface area contributed by atoms with Crippen molar-refractivity contribution in [2.45, 2.75) is 32.7 Å². The number of carbonyl (C=O) groups is 1. The van der Waals surface area contributed by atoms with Crippen LogP contribution in [0.5, 0.6) is 0 Å². The highest BCUT2D eigenvalue weighted by Crippen LogP contribution is 2.36. The van der Waals surface area contributed by atoms with Crippen molar-refractivity contribution in [3.63, 3.8) is 0 Å². The standard InChI is InChI=1S/C21H20N8O/c1-13-5-3-8-18(11-13)28-14(2)19(23-26-28)21(30)22-16-7-4-6-15(12-16)20-24-25-27-29(20)17-9-10-17/h3-8,11-12,17H,9-10H2,1-2H3,(H,22,30). The van der Waals surface area contributed by atoms with Crippen LogP contribution < -0.4 is 5.32 Å². The predicted molar refractivity (Wildman–Crippen MR) is 110 cm³/mol. The molecule has 30 heavy (non-hydrogen) atoms. The summed E-state index contributed by atoms with van der Waals surface area (Å²) in [6, 6.07) is 15.7. The lowest BCUT2D eigenvalue weighted by molar-refractivity contribution is 0.102. The van der Waals surface area contributed by atoms with Crippen LogP contribution in [0, 0.1) is 13.8 Å². The molecule has 0 radical (unpaired) electrons. The Morgan fingerprint density at radius 1 is 1.03 bits per heavy atom. The van der Waals surface area contributed by atoms with Crippen LogP contribution in [-0.4, -0.2) is 41.1 Å². The van der Waals surface area contributed by atoms with Gasteiger partial charge in [-0.1, -0.05) is 29.5 Å². The van der Waals surface area contributed by atoms with Crippen LogP contribution in [0.4, 0.5) is 5.69 Å². The average Bonchev–Trinajstić information content (AvgIpc) is 3.33. The number of hydrogen-bond donors (Lipinski definition) is 1. The first kappa shape index (κ1) is 18.2. The predicted octanol–water partition coefficient (Wildman–Crippen LogP) is 3.12. The molecule has 150 valence electrons. The Hall–Kier alpha value is -3.88. The highest BCUT2D eigenvalue weighted by atomic mass is 16.2. The largest absolute Gasteiger partial charge is 0.321 e. The number of anilines is 1. The zero-order chi connectivity index (χ0) is 20.7. The van der Waals surface area contributed by atoms with Gasteiger partial charge < -0.3 is 5.32 Å². The second-order valence-electron chi connectivity index (χ2n) is 7.49. The Bertz CT molecular complexity index is 1240. The third-order valence-electron chi connectivity index (χ3n) is 5.12. The molecular weight excluding hydrogens is 380 g/mol. The molecule has 0 aliphatic heterocycles. The number of aryl methyl sites for hydroxylation is 1. The first-order chi connectivity index (χ1) is 14.6. The number of carbonyl (C=O) groups excluding carboxylic acids is 1. The van der Waals surface area contributed by atoms with Gasteiger partial charge in [0.2, 0.25) is 0 Å². The van der Waals surface area contributed by atoms with Crippen molar-refractivity contribution in [3.05, 3.63) is 65.5 Å². The fourth-order valence-electron chi connectivity index (χ4n) is 3.42. The van der Waals surface area contributed by atoms with Crippen LogP contribution in [-0.2, 0) is 0 Å². The maximum atomic E-state index is 12.9. The lowest BCUT2D eigenvalue weighted by Crippen LogP contribution is -2.14. The van der Waals surface area contributed by atoms with Gasteiger partial charge in [0, 0.05) is 11.3 Å². The summed E-state index contributed by atoms with van der Waals surface area (Å²) in [6.45, 7) is 3.84. The van der Waals surface area contributed by atoms with Crippen LogP contribution in [0.1, 0.15) is 40.6 Å². The minimum atomic E-state index is -0.315. The van der Waals surface area contributed by atoms with Crippen molar-refractivity contribution in [1.82, 2.24) is 35.2 Å². The van der Waals surface area contributed by atoms with Crippen molar-refractivity contribution in [1.29, 1.82) is 0 Å². The van der Waals surface area contributed by atoms with Gasteiger partial charge in [-0.3, -0.25) is 4.79 Å². The number of tetrazole rings is 1. The molecule has 0 unspecified atom stereocenters. The van der Waals surface area contributed by atoms with E-state index in [1.54, 1.807) is 4.68 Å². The van der Waals surface area contributed by atoms with E-state index in [0.29, 0.717) is 23.2 Å². The van der Waals surface area contributed by atoms with Crippen LogP contribution in [0.25, 0.3) is 17.1 Å². The van der Waals surface area contributed by atoms with Crippen molar-refractivity contribution in [3.8, 4) is 17.1 Å². The molecule has 9 nitrogen and oxygen atoms in total. The van der Waals surface area contributed by atoms with Gasteiger partial charge in [0.05, 0.1) is 17.4 Å². The number of nitrogens with zero attached hydrogens (tertiary/aromatic N) is 7. The van der Waals surface area contributed by atoms with E-state index in [9.17, 15) is 4.79 Å². The lowest BCUT2D eigenvalue weighted by Gasteiger charge is -2.08. The molecule has 1 fully saturated rings. The summed E-state index contributed by atoms with van der Waals surface area (Å²) < 4.78 is 3.51. The smallest absolute Gasteiger partial charge is 0.278 e. The van der Waals surface area contributed by atoms with Crippen LogP contribution >= 0.6 is 0 Å². The molecule has 1 N–H and O–H groups in total. The van der Waals surface area contributed by atoms with E-state index in [-0.39, 0.29) is 11.6 Å². The molecule has 1 saturated carbocycles. The molecule has 1 aliphatic carbocycles. The monoisotopic (exact) mass is 400 g/mol. The third-order valence-corrected chi connectivity index (χ3v) is 5.12. The molecule has 9 heteroatoms. The zero-order valence-corrected chi connectivity index (χ0v) is 16.6. The van der Waals surface area contributed by atoms with E-state index in [1.165, 1.54) is 0 Å². The van der Waals surface area contributed by atoms with Crippen molar-refractivity contribution in [2.24, 2.45) is 0 Å². The first-order valence-corrected chi connectivity index (χ1v) is 9.79. The molecule has 2 heterocycles. The second kappa shape index (κ2) is 7.18. The van der Waals surface area contributed by atoms with Gasteiger partial charge in [0.15, 0.2) is 11.5 Å². The first-order valence-electron chi connectivity index (χ1n) is 9.79. The summed E-state index contributed by atoms with van der Waals surface area (Å²) in [5, 5.41) is 23.2. The Kier molecular flexibility index (Phi) is 4.35. The molecule has 0 saturated heterocycles. The Labute approximate surface area is 172 Å². The molecule has 5 rings (SSSR count). The maximum absolute atomic E-state index is 12.9. The van der Waals surface area contributed by atoms with Crippen molar-refractivity contribution in [2.75, 3.05) is 5.32 Å². The molecule has 0 bridgehead atoms.